The van der Waals surface area contributed by atoms with Gasteiger partial charge in [0.15, 0.2) is 0 Å². The van der Waals surface area contributed by atoms with Crippen molar-refractivity contribution in [2.75, 3.05) is 13.2 Å². The number of ether oxygens (including phenoxy) is 1. The van der Waals surface area contributed by atoms with Gasteiger partial charge < -0.3 is 15.2 Å². The van der Waals surface area contributed by atoms with Gasteiger partial charge in [0.25, 0.3) is 0 Å². The summed E-state index contributed by atoms with van der Waals surface area (Å²) in [5.41, 5.74) is 1.18. The first-order valence-corrected chi connectivity index (χ1v) is 7.12. The minimum absolute atomic E-state index is 0.282. The second-order valence-electron chi connectivity index (χ2n) is 3.83. The number of aliphatic hydroxyl groups is 1. The summed E-state index contributed by atoms with van der Waals surface area (Å²) < 4.78 is 7.30. The summed E-state index contributed by atoms with van der Waals surface area (Å²) in [6, 6.07) is 4.04. The van der Waals surface area contributed by atoms with E-state index in [1.807, 2.05) is 12.1 Å². The van der Waals surface area contributed by atoms with Gasteiger partial charge in [0.05, 0.1) is 15.0 Å². The Labute approximate surface area is 119 Å². The summed E-state index contributed by atoms with van der Waals surface area (Å²) in [4.78, 5) is 0. The molecule has 0 saturated carbocycles. The maximum Gasteiger partial charge on any atom is 0.147 e. The highest BCUT2D eigenvalue weighted by Crippen LogP contribution is 2.34. The summed E-state index contributed by atoms with van der Waals surface area (Å²) in [6.07, 6.45) is -0.477. The van der Waals surface area contributed by atoms with Crippen LogP contribution in [0.1, 0.15) is 19.4 Å². The van der Waals surface area contributed by atoms with Crippen molar-refractivity contribution in [3.8, 4) is 5.75 Å². The van der Waals surface area contributed by atoms with Crippen LogP contribution in [0.5, 0.6) is 5.75 Å². The third-order valence-corrected chi connectivity index (χ3v) is 3.28. The van der Waals surface area contributed by atoms with Gasteiger partial charge in [0.1, 0.15) is 12.4 Å². The maximum absolute atomic E-state index is 9.20. The number of halogens is 2. The van der Waals surface area contributed by atoms with E-state index in [2.05, 4.69) is 44.1 Å². The van der Waals surface area contributed by atoms with Crippen molar-refractivity contribution in [1.82, 2.24) is 5.32 Å². The molecule has 5 heteroatoms. The monoisotopic (exact) mass is 365 g/mol. The highest BCUT2D eigenvalue weighted by molar-refractivity contribution is 9.11. The third-order valence-electron chi connectivity index (χ3n) is 2.11. The van der Waals surface area contributed by atoms with E-state index < -0.39 is 6.10 Å². The van der Waals surface area contributed by atoms with Crippen LogP contribution in [-0.4, -0.2) is 24.4 Å². The normalized spacial score (nSPS) is 12.5. The van der Waals surface area contributed by atoms with Crippen LogP contribution in [0.3, 0.4) is 0 Å². The lowest BCUT2D eigenvalue weighted by atomic mass is 10.2. The SMILES string of the molecule is CCNCc1cc(Br)c(OCC(C)O)c(Br)c1. The van der Waals surface area contributed by atoms with Crippen LogP contribution in [0.2, 0.25) is 0 Å². The lowest BCUT2D eigenvalue weighted by Crippen LogP contribution is -2.14. The molecule has 17 heavy (non-hydrogen) atoms. The molecule has 0 aliphatic heterocycles. The van der Waals surface area contributed by atoms with Crippen LogP contribution in [0.4, 0.5) is 0 Å². The average molecular weight is 367 g/mol. The summed E-state index contributed by atoms with van der Waals surface area (Å²) in [5, 5.41) is 12.5. The van der Waals surface area contributed by atoms with Crippen LogP contribution in [-0.2, 0) is 6.54 Å². The number of hydrogen-bond donors (Lipinski definition) is 2. The molecule has 0 heterocycles. The number of rotatable bonds is 6. The van der Waals surface area contributed by atoms with Crippen LogP contribution in [0, 0.1) is 0 Å². The molecule has 0 radical (unpaired) electrons. The second kappa shape index (κ2) is 7.36. The molecule has 0 spiro atoms. The van der Waals surface area contributed by atoms with Crippen LogP contribution < -0.4 is 10.1 Å². The minimum Gasteiger partial charge on any atom is -0.489 e. The molecule has 0 fully saturated rings. The topological polar surface area (TPSA) is 41.5 Å². The van der Waals surface area contributed by atoms with E-state index in [-0.39, 0.29) is 6.61 Å². The number of benzene rings is 1. The molecule has 3 nitrogen and oxygen atoms in total. The Balaban J connectivity index is 2.79. The lowest BCUT2D eigenvalue weighted by molar-refractivity contribution is 0.122. The molecule has 1 unspecified atom stereocenters. The number of aliphatic hydroxyl groups excluding tert-OH is 1. The van der Waals surface area contributed by atoms with Gasteiger partial charge in [0.2, 0.25) is 0 Å². The Morgan fingerprint density at radius 2 is 1.94 bits per heavy atom. The average Bonchev–Trinajstić information content (AvgIpc) is 2.24. The van der Waals surface area contributed by atoms with Crippen molar-refractivity contribution in [2.45, 2.75) is 26.5 Å². The van der Waals surface area contributed by atoms with E-state index in [1.165, 1.54) is 5.56 Å². The summed E-state index contributed by atoms with van der Waals surface area (Å²) in [5.74, 6) is 0.728. The Morgan fingerprint density at radius 1 is 1.35 bits per heavy atom. The van der Waals surface area contributed by atoms with Crippen molar-refractivity contribution in [3.63, 3.8) is 0 Å². The van der Waals surface area contributed by atoms with Crippen molar-refractivity contribution in [3.05, 3.63) is 26.6 Å². The van der Waals surface area contributed by atoms with E-state index in [0.717, 1.165) is 27.8 Å². The standard InChI is InChI=1S/C12H17Br2NO2/c1-3-15-6-9-4-10(13)12(11(14)5-9)17-7-8(2)16/h4-5,8,15-16H,3,6-7H2,1-2H3. The first-order valence-electron chi connectivity index (χ1n) is 5.54. The molecule has 1 rings (SSSR count). The van der Waals surface area contributed by atoms with Gasteiger partial charge in [-0.1, -0.05) is 6.92 Å². The predicted molar refractivity (Wildman–Crippen MR) is 76.4 cm³/mol. The zero-order chi connectivity index (χ0) is 12.8. The van der Waals surface area contributed by atoms with Crippen molar-refractivity contribution in [2.24, 2.45) is 0 Å². The van der Waals surface area contributed by atoms with E-state index in [4.69, 9.17) is 4.74 Å². The number of hydrogen-bond acceptors (Lipinski definition) is 3. The van der Waals surface area contributed by atoms with Gasteiger partial charge in [0, 0.05) is 6.54 Å². The molecule has 96 valence electrons. The van der Waals surface area contributed by atoms with Gasteiger partial charge >= 0.3 is 0 Å². The Bertz CT molecular complexity index is 347. The number of nitrogens with one attached hydrogen (secondary N) is 1. The maximum atomic E-state index is 9.20. The van der Waals surface area contributed by atoms with E-state index in [1.54, 1.807) is 6.92 Å². The summed E-state index contributed by atoms with van der Waals surface area (Å²) in [7, 11) is 0. The first kappa shape index (κ1) is 15.0. The molecule has 0 amide bonds. The smallest absolute Gasteiger partial charge is 0.147 e. The Hall–Kier alpha value is -0.100. The second-order valence-corrected chi connectivity index (χ2v) is 5.54. The van der Waals surface area contributed by atoms with Crippen molar-refractivity contribution >= 4 is 31.9 Å². The molecule has 0 bridgehead atoms. The first-order chi connectivity index (χ1) is 8.04. The molecule has 1 aromatic rings. The van der Waals surface area contributed by atoms with E-state index in [9.17, 15) is 5.11 Å². The molecule has 2 N–H and O–H groups in total. The largest absolute Gasteiger partial charge is 0.489 e. The fourth-order valence-corrected chi connectivity index (χ4v) is 2.84. The molecule has 1 aromatic carbocycles. The van der Waals surface area contributed by atoms with Gasteiger partial charge in [-0.05, 0) is 63.0 Å². The third kappa shape index (κ3) is 4.95. The highest BCUT2D eigenvalue weighted by atomic mass is 79.9. The molecule has 0 aliphatic carbocycles. The fraction of sp³-hybridized carbons (Fsp3) is 0.500. The lowest BCUT2D eigenvalue weighted by Gasteiger charge is -2.13. The van der Waals surface area contributed by atoms with Crippen LogP contribution in [0.25, 0.3) is 0 Å². The van der Waals surface area contributed by atoms with E-state index in [0.29, 0.717) is 0 Å². The molecular formula is C12H17Br2NO2. The van der Waals surface area contributed by atoms with Crippen LogP contribution in [0.15, 0.2) is 21.1 Å². The van der Waals surface area contributed by atoms with Crippen LogP contribution >= 0.6 is 31.9 Å². The quantitative estimate of drug-likeness (QED) is 0.812. The molecular weight excluding hydrogens is 350 g/mol. The summed E-state index contributed by atoms with van der Waals surface area (Å²) in [6.45, 7) is 5.81. The summed E-state index contributed by atoms with van der Waals surface area (Å²) >= 11 is 6.95. The van der Waals surface area contributed by atoms with Gasteiger partial charge in [-0.25, -0.2) is 0 Å². The minimum atomic E-state index is -0.477. The highest BCUT2D eigenvalue weighted by Gasteiger charge is 2.09. The zero-order valence-electron chi connectivity index (χ0n) is 9.96. The Morgan fingerprint density at radius 3 is 2.41 bits per heavy atom. The van der Waals surface area contributed by atoms with Crippen molar-refractivity contribution < 1.29 is 9.84 Å². The van der Waals surface area contributed by atoms with Gasteiger partial charge in [-0.2, -0.15) is 0 Å². The van der Waals surface area contributed by atoms with Gasteiger partial charge in [-0.15, -0.1) is 0 Å². The molecule has 0 saturated heterocycles. The van der Waals surface area contributed by atoms with Gasteiger partial charge in [-0.3, -0.25) is 0 Å². The predicted octanol–water partition coefficient (Wildman–Crippen LogP) is 3.08. The molecule has 0 aromatic heterocycles. The van der Waals surface area contributed by atoms with Crippen molar-refractivity contribution in [1.29, 1.82) is 0 Å². The fourth-order valence-electron chi connectivity index (χ4n) is 1.33. The van der Waals surface area contributed by atoms with E-state index >= 15 is 0 Å². The molecule has 1 atom stereocenters. The molecule has 0 aliphatic rings. The zero-order valence-corrected chi connectivity index (χ0v) is 13.1. The Kier molecular flexibility index (Phi) is 6.48.